The largest absolute Gasteiger partial charge is 0.481 e. The third kappa shape index (κ3) is 3.89. The van der Waals surface area contributed by atoms with Gasteiger partial charge in [0.1, 0.15) is 0 Å². The van der Waals surface area contributed by atoms with Gasteiger partial charge >= 0.3 is 5.97 Å². The molecule has 0 fully saturated rings. The minimum atomic E-state index is -0.977. The summed E-state index contributed by atoms with van der Waals surface area (Å²) in [5.74, 6) is -0.977. The van der Waals surface area contributed by atoms with Gasteiger partial charge in [-0.1, -0.05) is 28.1 Å². The van der Waals surface area contributed by atoms with E-state index in [2.05, 4.69) is 15.9 Å². The quantitative estimate of drug-likeness (QED) is 0.867. The lowest BCUT2D eigenvalue weighted by atomic mass is 10.1. The second kappa shape index (κ2) is 5.12. The van der Waals surface area contributed by atoms with Gasteiger partial charge in [-0.15, -0.1) is 0 Å². The maximum Gasteiger partial charge on any atom is 0.305 e. The molecule has 3 nitrogen and oxygen atoms in total. The van der Waals surface area contributed by atoms with Crippen LogP contribution in [0.25, 0.3) is 0 Å². The summed E-state index contributed by atoms with van der Waals surface area (Å²) >= 11 is 3.30. The Kier molecular flexibility index (Phi) is 4.10. The van der Waals surface area contributed by atoms with Crippen molar-refractivity contribution in [3.05, 3.63) is 34.3 Å². The van der Waals surface area contributed by atoms with Crippen molar-refractivity contribution < 1.29 is 15.0 Å². The van der Waals surface area contributed by atoms with E-state index in [0.717, 1.165) is 10.0 Å². The van der Waals surface area contributed by atoms with Crippen molar-refractivity contribution >= 4 is 21.9 Å². The number of aliphatic hydroxyl groups is 1. The molecule has 0 aliphatic carbocycles. The molecule has 0 heterocycles. The third-order valence-corrected chi connectivity index (χ3v) is 2.32. The maximum atomic E-state index is 10.3. The predicted octanol–water partition coefficient (Wildman–Crippen LogP) is 1.83. The van der Waals surface area contributed by atoms with E-state index in [1.807, 2.05) is 24.3 Å². The number of aliphatic carboxylic acids is 1. The number of carboxylic acid groups (broad SMARTS) is 1. The maximum absolute atomic E-state index is 10.3. The van der Waals surface area contributed by atoms with E-state index in [0.29, 0.717) is 6.42 Å². The molecule has 1 aromatic carbocycles. The number of rotatable bonds is 4. The first-order chi connectivity index (χ1) is 6.58. The molecule has 4 heteroatoms. The zero-order chi connectivity index (χ0) is 10.6. The molecule has 76 valence electrons. The van der Waals surface area contributed by atoms with E-state index in [1.54, 1.807) is 0 Å². The Hall–Kier alpha value is -0.870. The Morgan fingerprint density at radius 2 is 1.93 bits per heavy atom. The number of aliphatic hydroxyl groups excluding tert-OH is 1. The van der Waals surface area contributed by atoms with Crippen molar-refractivity contribution in [3.63, 3.8) is 0 Å². The molecule has 2 N–H and O–H groups in total. The molecule has 0 radical (unpaired) electrons. The fourth-order valence-corrected chi connectivity index (χ4v) is 1.43. The fourth-order valence-electron chi connectivity index (χ4n) is 1.17. The van der Waals surface area contributed by atoms with Gasteiger partial charge in [0.2, 0.25) is 0 Å². The van der Waals surface area contributed by atoms with Crippen LogP contribution in [0.3, 0.4) is 0 Å². The minimum Gasteiger partial charge on any atom is -0.481 e. The van der Waals surface area contributed by atoms with Crippen LogP contribution < -0.4 is 0 Å². The molecule has 0 aliphatic rings. The molecule has 1 atom stereocenters. The lowest BCUT2D eigenvalue weighted by Gasteiger charge is -2.07. The first kappa shape index (κ1) is 11.2. The highest BCUT2D eigenvalue weighted by Crippen LogP contribution is 2.12. The molecule has 1 rings (SSSR count). The number of carboxylic acids is 1. The summed E-state index contributed by atoms with van der Waals surface area (Å²) in [4.78, 5) is 10.3. The molecule has 0 aromatic heterocycles. The van der Waals surface area contributed by atoms with Gasteiger partial charge in [-0.25, -0.2) is 0 Å². The van der Waals surface area contributed by atoms with Crippen molar-refractivity contribution in [2.75, 3.05) is 0 Å². The standard InChI is InChI=1S/C10H11BrO3/c11-8-3-1-7(2-4-8)5-9(12)6-10(13)14/h1-4,9,12H,5-6H2,(H,13,14). The van der Waals surface area contributed by atoms with Gasteiger partial charge < -0.3 is 10.2 Å². The van der Waals surface area contributed by atoms with Crippen molar-refractivity contribution in [2.45, 2.75) is 18.9 Å². The van der Waals surface area contributed by atoms with Gasteiger partial charge in [-0.2, -0.15) is 0 Å². The number of hydrogen-bond acceptors (Lipinski definition) is 2. The predicted molar refractivity (Wildman–Crippen MR) is 56.1 cm³/mol. The van der Waals surface area contributed by atoms with Crippen LogP contribution in [0.2, 0.25) is 0 Å². The Morgan fingerprint density at radius 3 is 2.43 bits per heavy atom. The van der Waals surface area contributed by atoms with Gasteiger partial charge in [0, 0.05) is 4.47 Å². The van der Waals surface area contributed by atoms with E-state index in [-0.39, 0.29) is 6.42 Å². The van der Waals surface area contributed by atoms with E-state index >= 15 is 0 Å². The lowest BCUT2D eigenvalue weighted by molar-refractivity contribution is -0.139. The number of hydrogen-bond donors (Lipinski definition) is 2. The molecule has 1 aromatic rings. The van der Waals surface area contributed by atoms with E-state index in [4.69, 9.17) is 5.11 Å². The zero-order valence-corrected chi connectivity index (χ0v) is 9.07. The molecule has 0 aliphatic heterocycles. The van der Waals surface area contributed by atoms with Crippen LogP contribution in [0.4, 0.5) is 0 Å². The summed E-state index contributed by atoms with van der Waals surface area (Å²) in [5.41, 5.74) is 0.932. The summed E-state index contributed by atoms with van der Waals surface area (Å²) in [6.45, 7) is 0. The van der Waals surface area contributed by atoms with Crippen LogP contribution in [0, 0.1) is 0 Å². The smallest absolute Gasteiger partial charge is 0.305 e. The van der Waals surface area contributed by atoms with Gasteiger partial charge in [-0.05, 0) is 24.1 Å². The second-order valence-corrected chi connectivity index (χ2v) is 4.00. The first-order valence-corrected chi connectivity index (χ1v) is 5.01. The molecule has 0 saturated heterocycles. The molecule has 0 spiro atoms. The molecule has 0 saturated carbocycles. The summed E-state index contributed by atoms with van der Waals surface area (Å²) in [5, 5.41) is 17.8. The molecule has 0 amide bonds. The van der Waals surface area contributed by atoms with Crippen LogP contribution in [0.15, 0.2) is 28.7 Å². The summed E-state index contributed by atoms with van der Waals surface area (Å²) < 4.78 is 0.967. The number of halogens is 1. The van der Waals surface area contributed by atoms with Crippen molar-refractivity contribution in [2.24, 2.45) is 0 Å². The average molecular weight is 259 g/mol. The molecular formula is C10H11BrO3. The van der Waals surface area contributed by atoms with Crippen LogP contribution in [0.5, 0.6) is 0 Å². The van der Waals surface area contributed by atoms with Crippen LogP contribution in [-0.4, -0.2) is 22.3 Å². The van der Waals surface area contributed by atoms with E-state index < -0.39 is 12.1 Å². The van der Waals surface area contributed by atoms with E-state index in [1.165, 1.54) is 0 Å². The summed E-state index contributed by atoms with van der Waals surface area (Å²) in [6, 6.07) is 7.44. The SMILES string of the molecule is O=C(O)CC(O)Cc1ccc(Br)cc1. The number of carbonyl (C=O) groups is 1. The summed E-state index contributed by atoms with van der Waals surface area (Å²) in [7, 11) is 0. The third-order valence-electron chi connectivity index (χ3n) is 1.79. The molecule has 1 unspecified atom stereocenters. The topological polar surface area (TPSA) is 57.5 Å². The highest BCUT2D eigenvalue weighted by atomic mass is 79.9. The monoisotopic (exact) mass is 258 g/mol. The Morgan fingerprint density at radius 1 is 1.36 bits per heavy atom. The van der Waals surface area contributed by atoms with E-state index in [9.17, 15) is 9.90 Å². The minimum absolute atomic E-state index is 0.212. The fraction of sp³-hybridized carbons (Fsp3) is 0.300. The Balaban J connectivity index is 2.51. The Labute approximate surface area is 90.5 Å². The Bertz CT molecular complexity index is 308. The van der Waals surface area contributed by atoms with Crippen LogP contribution in [-0.2, 0) is 11.2 Å². The number of benzene rings is 1. The zero-order valence-electron chi connectivity index (χ0n) is 7.48. The van der Waals surface area contributed by atoms with Crippen molar-refractivity contribution in [1.29, 1.82) is 0 Å². The normalized spacial score (nSPS) is 12.4. The van der Waals surface area contributed by atoms with Crippen LogP contribution in [0.1, 0.15) is 12.0 Å². The van der Waals surface area contributed by atoms with Gasteiger partial charge in [0.05, 0.1) is 12.5 Å². The second-order valence-electron chi connectivity index (χ2n) is 3.08. The molecule has 0 bridgehead atoms. The van der Waals surface area contributed by atoms with Gasteiger partial charge in [0.15, 0.2) is 0 Å². The molecular weight excluding hydrogens is 248 g/mol. The van der Waals surface area contributed by atoms with Crippen molar-refractivity contribution in [1.82, 2.24) is 0 Å². The van der Waals surface area contributed by atoms with Crippen molar-refractivity contribution in [3.8, 4) is 0 Å². The summed E-state index contributed by atoms with van der Waals surface area (Å²) in [6.07, 6.45) is -0.649. The molecule has 14 heavy (non-hydrogen) atoms. The highest BCUT2D eigenvalue weighted by Gasteiger charge is 2.09. The highest BCUT2D eigenvalue weighted by molar-refractivity contribution is 9.10. The van der Waals surface area contributed by atoms with Gasteiger partial charge in [0.25, 0.3) is 0 Å². The van der Waals surface area contributed by atoms with Gasteiger partial charge in [-0.3, -0.25) is 4.79 Å². The lowest BCUT2D eigenvalue weighted by Crippen LogP contribution is -2.15. The van der Waals surface area contributed by atoms with Crippen LogP contribution >= 0.6 is 15.9 Å². The first-order valence-electron chi connectivity index (χ1n) is 4.22. The average Bonchev–Trinajstić information content (AvgIpc) is 2.07.